The molecule has 1 aromatic heterocycles. The van der Waals surface area contributed by atoms with Crippen molar-refractivity contribution in [2.75, 3.05) is 7.11 Å². The SMILES string of the molecule is COc1ccc(C(=O)O[C@H](C)C(=O)c2[nH]c(C)c(C(C)=O)c2C)c(F)c1. The van der Waals surface area contributed by atoms with Crippen molar-refractivity contribution in [3.05, 3.63) is 52.1 Å². The zero-order chi connectivity index (χ0) is 19.6. The van der Waals surface area contributed by atoms with Crippen molar-refractivity contribution < 1.29 is 28.2 Å². The third-order valence-corrected chi connectivity index (χ3v) is 4.09. The number of rotatable bonds is 6. The highest BCUT2D eigenvalue weighted by atomic mass is 19.1. The predicted octanol–water partition coefficient (Wildman–Crippen LogP) is 3.41. The second kappa shape index (κ2) is 7.51. The highest BCUT2D eigenvalue weighted by Gasteiger charge is 2.27. The standard InChI is InChI=1S/C19H20FNO5/c1-9-16(11(3)22)10(2)21-17(9)18(23)12(4)26-19(24)14-7-6-13(25-5)8-15(14)20/h6-8,12,21H,1-5H3/t12-/m1/s1. The molecule has 0 amide bonds. The van der Waals surface area contributed by atoms with Gasteiger partial charge < -0.3 is 14.5 Å². The lowest BCUT2D eigenvalue weighted by atomic mass is 10.0. The molecular weight excluding hydrogens is 341 g/mol. The number of ether oxygens (including phenoxy) is 2. The third kappa shape index (κ3) is 3.66. The number of aromatic nitrogens is 1. The number of benzene rings is 1. The number of Topliss-reactive ketones (excluding diaryl/α,β-unsaturated/α-hetero) is 2. The van der Waals surface area contributed by atoms with Crippen molar-refractivity contribution >= 4 is 17.5 Å². The zero-order valence-corrected chi connectivity index (χ0v) is 15.2. The first-order valence-electron chi connectivity index (χ1n) is 7.96. The Morgan fingerprint density at radius 1 is 1.19 bits per heavy atom. The summed E-state index contributed by atoms with van der Waals surface area (Å²) in [5.41, 5.74) is 1.40. The summed E-state index contributed by atoms with van der Waals surface area (Å²) in [6.07, 6.45) is -1.15. The first-order valence-corrected chi connectivity index (χ1v) is 7.96. The molecular formula is C19H20FNO5. The number of hydrogen-bond donors (Lipinski definition) is 1. The fourth-order valence-electron chi connectivity index (χ4n) is 2.79. The maximum absolute atomic E-state index is 14.0. The number of carbonyl (C=O) groups excluding carboxylic acids is 3. The Morgan fingerprint density at radius 2 is 1.85 bits per heavy atom. The Labute approximate surface area is 150 Å². The van der Waals surface area contributed by atoms with E-state index >= 15 is 0 Å². The lowest BCUT2D eigenvalue weighted by Gasteiger charge is -2.13. The van der Waals surface area contributed by atoms with E-state index in [1.165, 1.54) is 33.1 Å². The number of aryl methyl sites for hydroxylation is 1. The number of hydrogen-bond acceptors (Lipinski definition) is 5. The van der Waals surface area contributed by atoms with Crippen LogP contribution < -0.4 is 4.74 Å². The lowest BCUT2D eigenvalue weighted by Crippen LogP contribution is -2.25. The van der Waals surface area contributed by atoms with Crippen LogP contribution in [0.15, 0.2) is 18.2 Å². The van der Waals surface area contributed by atoms with Crippen molar-refractivity contribution in [1.29, 1.82) is 0 Å². The van der Waals surface area contributed by atoms with Gasteiger partial charge in [-0.25, -0.2) is 9.18 Å². The number of aromatic amines is 1. The second-order valence-electron chi connectivity index (χ2n) is 5.94. The van der Waals surface area contributed by atoms with Crippen LogP contribution in [0.5, 0.6) is 5.75 Å². The molecule has 0 unspecified atom stereocenters. The average Bonchev–Trinajstić information content (AvgIpc) is 2.88. The minimum atomic E-state index is -1.15. The van der Waals surface area contributed by atoms with E-state index in [0.29, 0.717) is 16.8 Å². The molecule has 0 bridgehead atoms. The Kier molecular flexibility index (Phi) is 5.59. The number of nitrogens with one attached hydrogen (secondary N) is 1. The van der Waals surface area contributed by atoms with Crippen molar-refractivity contribution in [3.8, 4) is 5.75 Å². The minimum absolute atomic E-state index is 0.166. The number of esters is 1. The topological polar surface area (TPSA) is 85.5 Å². The molecule has 1 aromatic carbocycles. The van der Waals surface area contributed by atoms with Crippen LogP contribution in [-0.4, -0.2) is 35.7 Å². The van der Waals surface area contributed by atoms with Gasteiger partial charge in [0.05, 0.1) is 18.4 Å². The van der Waals surface area contributed by atoms with Gasteiger partial charge in [0.2, 0.25) is 5.78 Å². The third-order valence-electron chi connectivity index (χ3n) is 4.09. The molecule has 1 N–H and O–H groups in total. The molecule has 0 spiro atoms. The van der Waals surface area contributed by atoms with Crippen LogP contribution in [0.25, 0.3) is 0 Å². The van der Waals surface area contributed by atoms with Crippen molar-refractivity contribution in [3.63, 3.8) is 0 Å². The zero-order valence-electron chi connectivity index (χ0n) is 15.2. The first kappa shape index (κ1) is 19.4. The Hall–Kier alpha value is -2.96. The summed E-state index contributed by atoms with van der Waals surface area (Å²) in [5, 5.41) is 0. The minimum Gasteiger partial charge on any atom is -0.497 e. The van der Waals surface area contributed by atoms with Crippen molar-refractivity contribution in [1.82, 2.24) is 4.98 Å². The van der Waals surface area contributed by atoms with Gasteiger partial charge in [0.15, 0.2) is 11.9 Å². The lowest BCUT2D eigenvalue weighted by molar-refractivity contribution is 0.0312. The van der Waals surface area contributed by atoms with E-state index in [-0.39, 0.29) is 22.8 Å². The van der Waals surface area contributed by atoms with Crippen molar-refractivity contribution in [2.45, 2.75) is 33.8 Å². The normalized spacial score (nSPS) is 11.8. The molecule has 26 heavy (non-hydrogen) atoms. The average molecular weight is 361 g/mol. The largest absolute Gasteiger partial charge is 0.497 e. The van der Waals surface area contributed by atoms with Crippen LogP contribution in [0.1, 0.15) is 56.3 Å². The van der Waals surface area contributed by atoms with Crippen LogP contribution in [0.4, 0.5) is 4.39 Å². The second-order valence-corrected chi connectivity index (χ2v) is 5.94. The number of ketones is 2. The summed E-state index contributed by atoms with van der Waals surface area (Å²) in [6.45, 7) is 6.13. The van der Waals surface area contributed by atoms with E-state index in [2.05, 4.69) is 4.98 Å². The molecule has 0 saturated carbocycles. The molecule has 138 valence electrons. The van der Waals surface area contributed by atoms with Crippen LogP contribution in [0.2, 0.25) is 0 Å². The van der Waals surface area contributed by atoms with E-state index in [0.717, 1.165) is 6.07 Å². The van der Waals surface area contributed by atoms with Crippen LogP contribution in [0, 0.1) is 19.7 Å². The van der Waals surface area contributed by atoms with Crippen LogP contribution >= 0.6 is 0 Å². The van der Waals surface area contributed by atoms with E-state index in [4.69, 9.17) is 9.47 Å². The number of carbonyl (C=O) groups is 3. The maximum Gasteiger partial charge on any atom is 0.341 e. The number of halogens is 1. The Balaban J connectivity index is 2.21. The van der Waals surface area contributed by atoms with Gasteiger partial charge in [-0.2, -0.15) is 0 Å². The van der Waals surface area contributed by atoms with Gasteiger partial charge in [-0.1, -0.05) is 0 Å². The van der Waals surface area contributed by atoms with E-state index in [9.17, 15) is 18.8 Å². The van der Waals surface area contributed by atoms with Gasteiger partial charge in [-0.15, -0.1) is 0 Å². The fraction of sp³-hybridized carbons (Fsp3) is 0.316. The molecule has 0 fully saturated rings. The summed E-state index contributed by atoms with van der Waals surface area (Å²) >= 11 is 0. The van der Waals surface area contributed by atoms with E-state index < -0.39 is 23.7 Å². The molecule has 2 rings (SSSR count). The van der Waals surface area contributed by atoms with Gasteiger partial charge in [-0.05, 0) is 45.4 Å². The fourth-order valence-corrected chi connectivity index (χ4v) is 2.79. The van der Waals surface area contributed by atoms with Crippen LogP contribution in [0.3, 0.4) is 0 Å². The molecule has 0 aliphatic heterocycles. The molecule has 7 heteroatoms. The number of H-pyrrole nitrogens is 1. The molecule has 1 heterocycles. The van der Waals surface area contributed by atoms with Gasteiger partial charge in [0.1, 0.15) is 11.6 Å². The summed E-state index contributed by atoms with van der Waals surface area (Å²) < 4.78 is 23.9. The Morgan fingerprint density at radius 3 is 2.35 bits per heavy atom. The molecule has 0 radical (unpaired) electrons. The summed E-state index contributed by atoms with van der Waals surface area (Å²) in [6, 6.07) is 3.70. The predicted molar refractivity (Wildman–Crippen MR) is 92.4 cm³/mol. The first-order chi connectivity index (χ1) is 12.2. The molecule has 0 saturated heterocycles. The van der Waals surface area contributed by atoms with Crippen LogP contribution in [-0.2, 0) is 4.74 Å². The molecule has 0 aliphatic carbocycles. The highest BCUT2D eigenvalue weighted by molar-refractivity contribution is 6.05. The monoisotopic (exact) mass is 361 g/mol. The van der Waals surface area contributed by atoms with Gasteiger partial charge >= 0.3 is 5.97 Å². The molecule has 2 aromatic rings. The van der Waals surface area contributed by atoms with E-state index in [1.807, 2.05) is 0 Å². The molecule has 6 nitrogen and oxygen atoms in total. The van der Waals surface area contributed by atoms with Gasteiger partial charge in [0.25, 0.3) is 0 Å². The van der Waals surface area contributed by atoms with Gasteiger partial charge in [-0.3, -0.25) is 9.59 Å². The molecule has 0 aliphatic rings. The summed E-state index contributed by atoms with van der Waals surface area (Å²) in [4.78, 5) is 39.3. The summed E-state index contributed by atoms with van der Waals surface area (Å²) in [7, 11) is 1.38. The quantitative estimate of drug-likeness (QED) is 0.629. The van der Waals surface area contributed by atoms with E-state index in [1.54, 1.807) is 13.8 Å². The molecule has 1 atom stereocenters. The maximum atomic E-state index is 14.0. The van der Waals surface area contributed by atoms with Crippen molar-refractivity contribution in [2.24, 2.45) is 0 Å². The van der Waals surface area contributed by atoms with Gasteiger partial charge in [0, 0.05) is 17.3 Å². The Bertz CT molecular complexity index is 884. The summed E-state index contributed by atoms with van der Waals surface area (Å²) in [5.74, 6) is -2.17. The smallest absolute Gasteiger partial charge is 0.341 e. The number of methoxy groups -OCH3 is 1. The highest BCUT2D eigenvalue weighted by Crippen LogP contribution is 2.22.